The molecule has 6 aromatic rings. The summed E-state index contributed by atoms with van der Waals surface area (Å²) in [4.78, 5) is 17.5. The molecule has 1 saturated carbocycles. The van der Waals surface area contributed by atoms with Gasteiger partial charge in [0, 0.05) is 22.7 Å². The first kappa shape index (κ1) is 33.7. The number of aromatic nitrogens is 2. The molecule has 50 heavy (non-hydrogen) atoms. The highest BCUT2D eigenvalue weighted by atomic mass is 31.2. The summed E-state index contributed by atoms with van der Waals surface area (Å²) in [6.07, 6.45) is 3.88. The highest BCUT2D eigenvalue weighted by Gasteiger charge is 2.52. The number of carbonyl (C=O) groups is 1. The van der Waals surface area contributed by atoms with Crippen LogP contribution in [0.25, 0.3) is 10.9 Å². The van der Waals surface area contributed by atoms with Crippen LogP contribution in [0.15, 0.2) is 120 Å². The van der Waals surface area contributed by atoms with Gasteiger partial charge in [-0.15, -0.1) is 0 Å². The first-order valence-electron chi connectivity index (χ1n) is 16.8. The van der Waals surface area contributed by atoms with Gasteiger partial charge in [-0.3, -0.25) is 18.4 Å². The van der Waals surface area contributed by atoms with E-state index < -0.39 is 13.2 Å². The molecule has 1 atom stereocenters. The molecule has 7 rings (SSSR count). The maximum absolute atomic E-state index is 14.2. The minimum atomic E-state index is -3.91. The Morgan fingerprint density at radius 1 is 0.880 bits per heavy atom. The highest BCUT2D eigenvalue weighted by molar-refractivity contribution is 7.48. The van der Waals surface area contributed by atoms with E-state index in [2.05, 4.69) is 21.5 Å². The van der Waals surface area contributed by atoms with Gasteiger partial charge < -0.3 is 14.8 Å². The molecule has 1 aliphatic carbocycles. The van der Waals surface area contributed by atoms with Gasteiger partial charge in [-0.1, -0.05) is 102 Å². The van der Waals surface area contributed by atoms with Crippen LogP contribution < -0.4 is 5.32 Å². The Morgan fingerprint density at radius 2 is 1.50 bits per heavy atom. The van der Waals surface area contributed by atoms with E-state index in [1.165, 1.54) is 0 Å². The molecule has 2 heterocycles. The Kier molecular flexibility index (Phi) is 9.83. The lowest BCUT2D eigenvalue weighted by Gasteiger charge is -2.23. The van der Waals surface area contributed by atoms with Crippen LogP contribution in [-0.4, -0.2) is 22.7 Å². The van der Waals surface area contributed by atoms with Crippen LogP contribution in [-0.2, 0) is 48.0 Å². The SMILES string of the molecule is Cc1noc(C)c1C(NC(=O)C1(c2ccc3[nH]cc(CCOP(=O)(OCc4ccccc4)OCc4ccccc4)c3c2)CC1)c1ccccc1. The molecule has 1 fully saturated rings. The Labute approximate surface area is 291 Å². The number of amides is 1. The smallest absolute Gasteiger partial charge is 0.361 e. The quantitative estimate of drug-likeness (QED) is 0.104. The van der Waals surface area contributed by atoms with Crippen molar-refractivity contribution < 1.29 is 27.5 Å². The third-order valence-corrected chi connectivity index (χ3v) is 10.8. The molecule has 2 aromatic heterocycles. The number of fused-ring (bicyclic) bond motifs is 1. The fraction of sp³-hybridized carbons (Fsp3) is 0.250. The Bertz CT molecular complexity index is 2040. The lowest BCUT2D eigenvalue weighted by molar-refractivity contribution is -0.124. The van der Waals surface area contributed by atoms with Crippen molar-refractivity contribution in [2.75, 3.05) is 6.61 Å². The average molecular weight is 690 g/mol. The molecule has 10 heteroatoms. The zero-order valence-corrected chi connectivity index (χ0v) is 29.0. The molecule has 9 nitrogen and oxygen atoms in total. The molecule has 0 saturated heterocycles. The number of nitrogens with one attached hydrogen (secondary N) is 2. The summed E-state index contributed by atoms with van der Waals surface area (Å²) in [5, 5.41) is 8.49. The van der Waals surface area contributed by atoms with Crippen molar-refractivity contribution in [1.82, 2.24) is 15.5 Å². The molecule has 4 aromatic carbocycles. The van der Waals surface area contributed by atoms with E-state index in [-0.39, 0.29) is 31.8 Å². The van der Waals surface area contributed by atoms with Crippen molar-refractivity contribution in [3.63, 3.8) is 0 Å². The Balaban J connectivity index is 1.07. The van der Waals surface area contributed by atoms with Gasteiger partial charge in [0.05, 0.1) is 37.0 Å². The number of carbonyl (C=O) groups excluding carboxylic acids is 1. The van der Waals surface area contributed by atoms with E-state index in [0.29, 0.717) is 12.2 Å². The van der Waals surface area contributed by atoms with Crippen LogP contribution >= 0.6 is 7.82 Å². The van der Waals surface area contributed by atoms with Crippen molar-refractivity contribution in [3.05, 3.63) is 160 Å². The van der Waals surface area contributed by atoms with Crippen molar-refractivity contribution >= 4 is 24.6 Å². The molecular weight excluding hydrogens is 649 g/mol. The predicted molar refractivity (Wildman–Crippen MR) is 191 cm³/mol. The number of nitrogens with zero attached hydrogens (tertiary/aromatic N) is 1. The molecule has 256 valence electrons. The van der Waals surface area contributed by atoms with Crippen LogP contribution in [0, 0.1) is 13.8 Å². The molecule has 0 bridgehead atoms. The van der Waals surface area contributed by atoms with Gasteiger partial charge in [-0.05, 0) is 73.1 Å². The van der Waals surface area contributed by atoms with Crippen LogP contribution in [0.1, 0.15) is 63.7 Å². The molecule has 1 aliphatic rings. The van der Waals surface area contributed by atoms with Gasteiger partial charge in [0.1, 0.15) is 5.76 Å². The van der Waals surface area contributed by atoms with E-state index in [1.54, 1.807) is 0 Å². The molecule has 1 unspecified atom stereocenters. The third kappa shape index (κ3) is 7.37. The van der Waals surface area contributed by atoms with Gasteiger partial charge in [0.15, 0.2) is 0 Å². The van der Waals surface area contributed by atoms with E-state index in [4.69, 9.17) is 18.1 Å². The van der Waals surface area contributed by atoms with Gasteiger partial charge >= 0.3 is 7.82 Å². The number of phosphoric ester groups is 1. The summed E-state index contributed by atoms with van der Waals surface area (Å²) < 4.78 is 36.8. The number of phosphoric acid groups is 1. The second-order valence-corrected chi connectivity index (χ2v) is 14.4. The number of benzene rings is 4. The predicted octanol–water partition coefficient (Wildman–Crippen LogP) is 8.81. The van der Waals surface area contributed by atoms with Gasteiger partial charge in [-0.2, -0.15) is 0 Å². The van der Waals surface area contributed by atoms with Crippen LogP contribution in [0.4, 0.5) is 0 Å². The van der Waals surface area contributed by atoms with Gasteiger partial charge in [0.25, 0.3) is 0 Å². The molecular formula is C40H40N3O6P. The van der Waals surface area contributed by atoms with Crippen LogP contribution in [0.2, 0.25) is 0 Å². The zero-order valence-electron chi connectivity index (χ0n) is 28.1. The summed E-state index contributed by atoms with van der Waals surface area (Å²) >= 11 is 0. The second-order valence-electron chi connectivity index (χ2n) is 12.8. The van der Waals surface area contributed by atoms with Crippen LogP contribution in [0.5, 0.6) is 0 Å². The monoisotopic (exact) mass is 689 g/mol. The number of hydrogen-bond acceptors (Lipinski definition) is 7. The zero-order chi connectivity index (χ0) is 34.6. The Hall–Kier alpha value is -4.79. The maximum Gasteiger partial charge on any atom is 0.475 e. The number of hydrogen-bond donors (Lipinski definition) is 2. The molecule has 0 radical (unpaired) electrons. The average Bonchev–Trinajstić information content (AvgIpc) is 3.78. The molecule has 0 aliphatic heterocycles. The second kappa shape index (κ2) is 14.6. The lowest BCUT2D eigenvalue weighted by atomic mass is 9.91. The van der Waals surface area contributed by atoms with E-state index in [1.807, 2.05) is 123 Å². The Morgan fingerprint density at radius 3 is 2.08 bits per heavy atom. The maximum atomic E-state index is 14.2. The summed E-state index contributed by atoms with van der Waals surface area (Å²) in [5.41, 5.74) is 6.56. The van der Waals surface area contributed by atoms with E-state index in [9.17, 15) is 9.36 Å². The normalized spacial score (nSPS) is 14.4. The number of rotatable bonds is 15. The largest absolute Gasteiger partial charge is 0.475 e. The van der Waals surface area contributed by atoms with Crippen molar-refractivity contribution in [2.45, 2.75) is 57.8 Å². The summed E-state index contributed by atoms with van der Waals surface area (Å²) in [5.74, 6) is 0.653. The summed E-state index contributed by atoms with van der Waals surface area (Å²) in [7, 11) is -3.91. The number of aromatic amines is 1. The fourth-order valence-corrected chi connectivity index (χ4v) is 7.58. The minimum absolute atomic E-state index is 0.0295. The standard InChI is InChI=1S/C40H40N3O6P/c1-28-37(29(2)49-43-28)38(32-16-10-5-11-17-32)42-39(44)40(21-22-40)34-18-19-36-35(24-34)33(25-41-36)20-23-46-50(45,47-26-30-12-6-3-7-13-30)48-27-31-14-8-4-9-15-31/h3-19,24-25,38,41H,20-23,26-27H2,1-2H3,(H,42,44). The lowest BCUT2D eigenvalue weighted by Crippen LogP contribution is -2.38. The van der Waals surface area contributed by atoms with E-state index in [0.717, 1.165) is 62.8 Å². The summed E-state index contributed by atoms with van der Waals surface area (Å²) in [6, 6.07) is 34.7. The van der Waals surface area contributed by atoms with Crippen molar-refractivity contribution in [2.24, 2.45) is 0 Å². The first-order valence-corrected chi connectivity index (χ1v) is 18.3. The van der Waals surface area contributed by atoms with Gasteiger partial charge in [-0.25, -0.2) is 4.57 Å². The van der Waals surface area contributed by atoms with E-state index >= 15 is 0 Å². The molecule has 2 N–H and O–H groups in total. The minimum Gasteiger partial charge on any atom is -0.361 e. The number of aryl methyl sites for hydroxylation is 2. The first-order chi connectivity index (χ1) is 24.3. The third-order valence-electron chi connectivity index (χ3n) is 9.38. The topological polar surface area (TPSA) is 116 Å². The van der Waals surface area contributed by atoms with Crippen molar-refractivity contribution in [1.29, 1.82) is 0 Å². The van der Waals surface area contributed by atoms with Gasteiger partial charge in [0.2, 0.25) is 5.91 Å². The van der Waals surface area contributed by atoms with Crippen LogP contribution in [0.3, 0.4) is 0 Å². The number of H-pyrrole nitrogens is 1. The molecule has 1 amide bonds. The fourth-order valence-electron chi connectivity index (χ4n) is 6.43. The summed E-state index contributed by atoms with van der Waals surface area (Å²) in [6.45, 7) is 4.07. The molecule has 0 spiro atoms. The van der Waals surface area contributed by atoms with Crippen molar-refractivity contribution in [3.8, 4) is 0 Å². The highest BCUT2D eigenvalue weighted by Crippen LogP contribution is 2.52.